The van der Waals surface area contributed by atoms with E-state index in [1.54, 1.807) is 19.1 Å². The zero-order chi connectivity index (χ0) is 16.8. The predicted octanol–water partition coefficient (Wildman–Crippen LogP) is 2.29. The average molecular weight is 339 g/mol. The van der Waals surface area contributed by atoms with E-state index in [2.05, 4.69) is 4.90 Å². The minimum absolute atomic E-state index is 0.00547. The minimum atomic E-state index is -0.731. The molecule has 0 unspecified atom stereocenters. The molecule has 126 valence electrons. The van der Waals surface area contributed by atoms with Crippen LogP contribution < -0.4 is 0 Å². The molecule has 0 spiro atoms. The largest absolute Gasteiger partial charge is 0.481 e. The first-order valence-electron chi connectivity index (χ1n) is 7.76. The van der Waals surface area contributed by atoms with Crippen LogP contribution >= 0.6 is 11.3 Å². The van der Waals surface area contributed by atoms with E-state index in [0.29, 0.717) is 55.3 Å². The quantitative estimate of drug-likeness (QED) is 0.606. The summed E-state index contributed by atoms with van der Waals surface area (Å²) in [4.78, 5) is 37.8. The maximum absolute atomic E-state index is 12.2. The average Bonchev–Trinajstić information content (AvgIpc) is 3.03. The third-order valence-electron chi connectivity index (χ3n) is 3.95. The van der Waals surface area contributed by atoms with E-state index in [-0.39, 0.29) is 11.7 Å². The van der Waals surface area contributed by atoms with Crippen molar-refractivity contribution in [2.45, 2.75) is 26.2 Å². The number of hydrogen-bond donors (Lipinski definition) is 1. The normalized spacial score (nSPS) is 16.2. The van der Waals surface area contributed by atoms with Gasteiger partial charge in [-0.2, -0.15) is 0 Å². The number of carbonyl (C=O) groups is 3. The lowest BCUT2D eigenvalue weighted by molar-refractivity contribution is -0.143. The Morgan fingerprint density at radius 2 is 1.91 bits per heavy atom. The summed E-state index contributed by atoms with van der Waals surface area (Å²) in [5.41, 5.74) is 0. The van der Waals surface area contributed by atoms with Crippen LogP contribution in [0.4, 0.5) is 0 Å². The second-order valence-corrected chi connectivity index (χ2v) is 6.60. The first kappa shape index (κ1) is 17.6. The SMILES string of the molecule is CCOC(=O)c1ccc(C(=O)CCN2CCC(C(=O)O)CC2)s1. The van der Waals surface area contributed by atoms with Gasteiger partial charge in [0, 0.05) is 13.0 Å². The highest BCUT2D eigenvalue weighted by molar-refractivity contribution is 7.15. The molecule has 2 heterocycles. The smallest absolute Gasteiger partial charge is 0.348 e. The third kappa shape index (κ3) is 4.87. The molecule has 1 aliphatic rings. The Labute approximate surface area is 139 Å². The number of carboxylic acids is 1. The van der Waals surface area contributed by atoms with Gasteiger partial charge in [-0.1, -0.05) is 0 Å². The van der Waals surface area contributed by atoms with Gasteiger partial charge in [-0.15, -0.1) is 11.3 Å². The topological polar surface area (TPSA) is 83.9 Å². The number of likely N-dealkylation sites (tertiary alicyclic amines) is 1. The van der Waals surface area contributed by atoms with Gasteiger partial charge >= 0.3 is 11.9 Å². The van der Waals surface area contributed by atoms with Crippen molar-refractivity contribution in [1.29, 1.82) is 0 Å². The van der Waals surface area contributed by atoms with Gasteiger partial charge in [0.25, 0.3) is 0 Å². The molecule has 0 radical (unpaired) electrons. The number of carboxylic acid groups (broad SMARTS) is 1. The van der Waals surface area contributed by atoms with Crippen LogP contribution in [0.5, 0.6) is 0 Å². The number of esters is 1. The number of carbonyl (C=O) groups excluding carboxylic acids is 2. The standard InChI is InChI=1S/C16H21NO5S/c1-2-22-16(21)14-4-3-13(23-14)12(18)7-10-17-8-5-11(6-9-17)15(19)20/h3-4,11H,2,5-10H2,1H3,(H,19,20). The second kappa shape index (κ2) is 8.21. The fourth-order valence-electron chi connectivity index (χ4n) is 2.59. The number of ketones is 1. The zero-order valence-corrected chi connectivity index (χ0v) is 13.9. The van der Waals surface area contributed by atoms with Crippen LogP contribution in [-0.4, -0.2) is 54.0 Å². The summed E-state index contributed by atoms with van der Waals surface area (Å²) in [5, 5.41) is 8.97. The van der Waals surface area contributed by atoms with E-state index in [1.165, 1.54) is 0 Å². The van der Waals surface area contributed by atoms with Gasteiger partial charge in [0.05, 0.1) is 17.4 Å². The van der Waals surface area contributed by atoms with Gasteiger partial charge in [0.15, 0.2) is 5.78 Å². The highest BCUT2D eigenvalue weighted by Gasteiger charge is 2.24. The van der Waals surface area contributed by atoms with Gasteiger partial charge < -0.3 is 14.7 Å². The summed E-state index contributed by atoms with van der Waals surface area (Å²) in [6.45, 7) is 4.10. The molecule has 0 saturated carbocycles. The Kier molecular flexibility index (Phi) is 6.29. The Balaban J connectivity index is 1.79. The van der Waals surface area contributed by atoms with Crippen molar-refractivity contribution in [2.75, 3.05) is 26.2 Å². The van der Waals surface area contributed by atoms with Gasteiger partial charge in [-0.25, -0.2) is 4.79 Å². The lowest BCUT2D eigenvalue weighted by Crippen LogP contribution is -2.37. The minimum Gasteiger partial charge on any atom is -0.481 e. The van der Waals surface area contributed by atoms with Gasteiger partial charge in [0.2, 0.25) is 0 Å². The van der Waals surface area contributed by atoms with Crippen molar-refractivity contribution in [1.82, 2.24) is 4.90 Å². The zero-order valence-electron chi connectivity index (χ0n) is 13.1. The molecule has 0 aromatic carbocycles. The number of rotatable bonds is 7. The molecule has 1 N–H and O–H groups in total. The third-order valence-corrected chi connectivity index (χ3v) is 5.06. The van der Waals surface area contributed by atoms with E-state index in [9.17, 15) is 14.4 Å². The fourth-order valence-corrected chi connectivity index (χ4v) is 3.45. The molecule has 1 fully saturated rings. The van der Waals surface area contributed by atoms with Gasteiger partial charge in [-0.05, 0) is 45.0 Å². The molecule has 0 atom stereocenters. The van der Waals surface area contributed by atoms with Gasteiger partial charge in [-0.3, -0.25) is 9.59 Å². The second-order valence-electron chi connectivity index (χ2n) is 5.51. The molecule has 2 rings (SSSR count). The molecule has 0 aliphatic carbocycles. The van der Waals surface area contributed by atoms with Crippen LogP contribution in [0.25, 0.3) is 0 Å². The van der Waals surface area contributed by atoms with Crippen LogP contribution in [0, 0.1) is 5.92 Å². The number of thiophene rings is 1. The maximum Gasteiger partial charge on any atom is 0.348 e. The summed E-state index contributed by atoms with van der Waals surface area (Å²) >= 11 is 1.16. The summed E-state index contributed by atoms with van der Waals surface area (Å²) in [6.07, 6.45) is 1.64. The van der Waals surface area contributed by atoms with E-state index >= 15 is 0 Å². The van der Waals surface area contributed by atoms with E-state index in [0.717, 1.165) is 11.3 Å². The number of piperidine rings is 1. The van der Waals surface area contributed by atoms with Crippen LogP contribution in [0.15, 0.2) is 12.1 Å². The molecule has 6 nitrogen and oxygen atoms in total. The maximum atomic E-state index is 12.2. The summed E-state index contributed by atoms with van der Waals surface area (Å²) in [6, 6.07) is 3.28. The van der Waals surface area contributed by atoms with E-state index in [4.69, 9.17) is 9.84 Å². The van der Waals surface area contributed by atoms with E-state index < -0.39 is 11.9 Å². The van der Waals surface area contributed by atoms with Gasteiger partial charge in [0.1, 0.15) is 4.88 Å². The number of hydrogen-bond acceptors (Lipinski definition) is 6. The molecule has 7 heteroatoms. The lowest BCUT2D eigenvalue weighted by Gasteiger charge is -2.29. The van der Waals surface area contributed by atoms with Crippen LogP contribution in [0.1, 0.15) is 45.5 Å². The number of Topliss-reactive ketones (excluding diaryl/α,β-unsaturated/α-hetero) is 1. The first-order valence-corrected chi connectivity index (χ1v) is 8.58. The Bertz CT molecular complexity index is 575. The molecule has 1 aromatic rings. The van der Waals surface area contributed by atoms with Crippen LogP contribution in [0.2, 0.25) is 0 Å². The van der Waals surface area contributed by atoms with E-state index in [1.807, 2.05) is 0 Å². The molecular weight excluding hydrogens is 318 g/mol. The molecule has 0 bridgehead atoms. The number of aliphatic carboxylic acids is 1. The van der Waals surface area contributed by atoms with Crippen molar-refractivity contribution in [3.63, 3.8) is 0 Å². The highest BCUT2D eigenvalue weighted by Crippen LogP contribution is 2.21. The fraction of sp³-hybridized carbons (Fsp3) is 0.562. The van der Waals surface area contributed by atoms with Crippen molar-refractivity contribution < 1.29 is 24.2 Å². The Morgan fingerprint density at radius 1 is 1.26 bits per heavy atom. The van der Waals surface area contributed by atoms with Crippen LogP contribution in [0.3, 0.4) is 0 Å². The van der Waals surface area contributed by atoms with Crippen molar-refractivity contribution in [3.8, 4) is 0 Å². The summed E-state index contributed by atoms with van der Waals surface area (Å²) in [5.74, 6) is -1.38. The van der Waals surface area contributed by atoms with Crippen molar-refractivity contribution in [2.24, 2.45) is 5.92 Å². The number of nitrogens with zero attached hydrogens (tertiary/aromatic N) is 1. The number of ether oxygens (including phenoxy) is 1. The molecule has 0 amide bonds. The summed E-state index contributed by atoms with van der Waals surface area (Å²) in [7, 11) is 0. The monoisotopic (exact) mass is 339 g/mol. The molecular formula is C16H21NO5S. The lowest BCUT2D eigenvalue weighted by atomic mass is 9.97. The van der Waals surface area contributed by atoms with Crippen LogP contribution in [-0.2, 0) is 9.53 Å². The highest BCUT2D eigenvalue weighted by atomic mass is 32.1. The predicted molar refractivity (Wildman–Crippen MR) is 86.0 cm³/mol. The molecule has 1 aliphatic heterocycles. The first-order chi connectivity index (χ1) is 11.0. The van der Waals surface area contributed by atoms with Crippen molar-refractivity contribution >= 4 is 29.1 Å². The molecule has 23 heavy (non-hydrogen) atoms. The van der Waals surface area contributed by atoms with Crippen molar-refractivity contribution in [3.05, 3.63) is 21.9 Å². The molecule has 1 aromatic heterocycles. The Hall–Kier alpha value is -1.73. The molecule has 1 saturated heterocycles. The summed E-state index contributed by atoms with van der Waals surface area (Å²) < 4.78 is 4.91. The Morgan fingerprint density at radius 3 is 2.52 bits per heavy atom.